The fourth-order valence-electron chi connectivity index (χ4n) is 3.14. The van der Waals surface area contributed by atoms with E-state index in [1.807, 2.05) is 19.4 Å². The highest BCUT2D eigenvalue weighted by atomic mass is 19.3. The summed E-state index contributed by atoms with van der Waals surface area (Å²) in [5.41, 5.74) is 2.44. The van der Waals surface area contributed by atoms with Crippen molar-refractivity contribution >= 4 is 0 Å². The molecule has 1 N–H and O–H groups in total. The van der Waals surface area contributed by atoms with E-state index in [-0.39, 0.29) is 12.1 Å². The number of halogens is 2. The van der Waals surface area contributed by atoms with Gasteiger partial charge in [0, 0.05) is 24.0 Å². The summed E-state index contributed by atoms with van der Waals surface area (Å²) in [4.78, 5) is 0. The van der Waals surface area contributed by atoms with E-state index in [1.165, 1.54) is 23.3 Å². The molecule has 0 bridgehead atoms. The molecule has 1 aromatic carbocycles. The molecule has 0 aliphatic heterocycles. The molecule has 0 radical (unpaired) electrons. The normalized spacial score (nSPS) is 18.5. The van der Waals surface area contributed by atoms with E-state index in [1.54, 1.807) is 22.8 Å². The molecular formula is C17H20F2N2. The van der Waals surface area contributed by atoms with Gasteiger partial charge in [0.05, 0.1) is 6.54 Å². The molecule has 1 unspecified atom stereocenters. The zero-order valence-electron chi connectivity index (χ0n) is 12.2. The van der Waals surface area contributed by atoms with Gasteiger partial charge in [-0.2, -0.15) is 8.78 Å². The maximum absolute atomic E-state index is 14.3. The molecule has 0 fully saturated rings. The first-order chi connectivity index (χ1) is 10.1. The molecule has 0 spiro atoms. The molecule has 2 aromatic rings. The summed E-state index contributed by atoms with van der Waals surface area (Å²) in [6.45, 7) is -0.305. The Morgan fingerprint density at radius 3 is 2.71 bits per heavy atom. The van der Waals surface area contributed by atoms with Gasteiger partial charge in [-0.05, 0) is 37.4 Å². The molecule has 3 rings (SSSR count). The number of alkyl halides is 2. The number of fused-ring (bicyclic) bond motifs is 1. The average molecular weight is 290 g/mol. The number of nitrogens with one attached hydrogen (secondary N) is 1. The molecule has 0 amide bonds. The minimum absolute atomic E-state index is 0.0711. The highest BCUT2D eigenvalue weighted by Crippen LogP contribution is 2.33. The van der Waals surface area contributed by atoms with Gasteiger partial charge in [0.2, 0.25) is 0 Å². The van der Waals surface area contributed by atoms with E-state index in [9.17, 15) is 8.78 Å². The Morgan fingerprint density at radius 1 is 1.24 bits per heavy atom. The molecule has 2 nitrogen and oxygen atoms in total. The predicted octanol–water partition coefficient (Wildman–Crippen LogP) is 3.88. The third-order valence-corrected chi connectivity index (χ3v) is 4.24. The average Bonchev–Trinajstić information content (AvgIpc) is 2.89. The fraction of sp³-hybridized carbons (Fsp3) is 0.412. The monoisotopic (exact) mass is 290 g/mol. The summed E-state index contributed by atoms with van der Waals surface area (Å²) in [7, 11) is 1.93. The molecule has 1 aliphatic carbocycles. The topological polar surface area (TPSA) is 17.0 Å². The largest absolute Gasteiger partial charge is 0.347 e. The third-order valence-electron chi connectivity index (χ3n) is 4.24. The van der Waals surface area contributed by atoms with Crippen LogP contribution in [0.25, 0.3) is 0 Å². The fourth-order valence-corrected chi connectivity index (χ4v) is 3.14. The minimum atomic E-state index is -2.85. The second-order valence-corrected chi connectivity index (χ2v) is 5.72. The Kier molecular flexibility index (Phi) is 3.81. The molecule has 0 saturated heterocycles. The Bertz CT molecular complexity index is 605. The highest BCUT2D eigenvalue weighted by molar-refractivity contribution is 5.30. The van der Waals surface area contributed by atoms with E-state index in [0.29, 0.717) is 6.04 Å². The second-order valence-electron chi connectivity index (χ2n) is 5.72. The molecular weight excluding hydrogens is 270 g/mol. The number of aryl methyl sites for hydroxylation is 1. The van der Waals surface area contributed by atoms with E-state index >= 15 is 0 Å². The molecule has 1 aliphatic rings. The van der Waals surface area contributed by atoms with E-state index < -0.39 is 5.92 Å². The van der Waals surface area contributed by atoms with Crippen molar-refractivity contribution in [2.24, 2.45) is 0 Å². The van der Waals surface area contributed by atoms with Crippen LogP contribution in [0.3, 0.4) is 0 Å². The molecule has 1 aromatic heterocycles. The lowest BCUT2D eigenvalue weighted by molar-refractivity contribution is -0.0221. The van der Waals surface area contributed by atoms with Crippen molar-refractivity contribution in [3.05, 3.63) is 59.4 Å². The quantitative estimate of drug-likeness (QED) is 0.904. The third kappa shape index (κ3) is 2.86. The minimum Gasteiger partial charge on any atom is -0.347 e. The Morgan fingerprint density at radius 2 is 2.00 bits per heavy atom. The predicted molar refractivity (Wildman–Crippen MR) is 79.5 cm³/mol. The van der Waals surface area contributed by atoms with E-state index in [2.05, 4.69) is 5.32 Å². The Balaban J connectivity index is 1.84. The molecule has 21 heavy (non-hydrogen) atoms. The van der Waals surface area contributed by atoms with Crippen molar-refractivity contribution in [3.63, 3.8) is 0 Å². The van der Waals surface area contributed by atoms with Crippen LogP contribution in [0.4, 0.5) is 8.78 Å². The van der Waals surface area contributed by atoms with Crippen molar-refractivity contribution in [2.75, 3.05) is 7.05 Å². The van der Waals surface area contributed by atoms with Crippen LogP contribution in [0.1, 0.15) is 35.6 Å². The van der Waals surface area contributed by atoms with Gasteiger partial charge in [-0.15, -0.1) is 0 Å². The smallest absolute Gasteiger partial charge is 0.290 e. The number of hydrogen-bond donors (Lipinski definition) is 1. The SMILES string of the molecule is CNC1CCCc2cn(CC(F)(F)c3ccccc3)cc21. The summed E-state index contributed by atoms with van der Waals surface area (Å²) in [5.74, 6) is -2.85. The Labute approximate surface area is 123 Å². The number of rotatable bonds is 4. The first-order valence-electron chi connectivity index (χ1n) is 7.39. The summed E-state index contributed by atoms with van der Waals surface area (Å²) in [6, 6.07) is 8.33. The number of benzene rings is 1. The van der Waals surface area contributed by atoms with Crippen molar-refractivity contribution < 1.29 is 8.78 Å². The van der Waals surface area contributed by atoms with Gasteiger partial charge < -0.3 is 9.88 Å². The van der Waals surface area contributed by atoms with Crippen molar-refractivity contribution in [3.8, 4) is 0 Å². The van der Waals surface area contributed by atoms with Gasteiger partial charge in [-0.3, -0.25) is 0 Å². The van der Waals surface area contributed by atoms with Crippen molar-refractivity contribution in [2.45, 2.75) is 37.8 Å². The van der Waals surface area contributed by atoms with Crippen LogP contribution < -0.4 is 5.32 Å². The van der Waals surface area contributed by atoms with Gasteiger partial charge >= 0.3 is 0 Å². The first-order valence-corrected chi connectivity index (χ1v) is 7.39. The molecule has 0 saturated carbocycles. The van der Waals surface area contributed by atoms with Crippen LogP contribution in [0.2, 0.25) is 0 Å². The molecule has 1 atom stereocenters. The van der Waals surface area contributed by atoms with Crippen LogP contribution in [0.5, 0.6) is 0 Å². The molecule has 4 heteroatoms. The van der Waals surface area contributed by atoms with Gasteiger partial charge in [0.15, 0.2) is 0 Å². The van der Waals surface area contributed by atoms with Gasteiger partial charge in [-0.1, -0.05) is 30.3 Å². The van der Waals surface area contributed by atoms with Crippen LogP contribution >= 0.6 is 0 Å². The van der Waals surface area contributed by atoms with Gasteiger partial charge in [0.1, 0.15) is 0 Å². The van der Waals surface area contributed by atoms with E-state index in [4.69, 9.17) is 0 Å². The summed E-state index contributed by atoms with van der Waals surface area (Å²) < 4.78 is 30.3. The Hall–Kier alpha value is -1.68. The zero-order valence-corrected chi connectivity index (χ0v) is 12.2. The number of hydrogen-bond acceptors (Lipinski definition) is 1. The maximum Gasteiger partial charge on any atom is 0.290 e. The lowest BCUT2D eigenvalue weighted by Gasteiger charge is -2.21. The number of nitrogens with zero attached hydrogens (tertiary/aromatic N) is 1. The zero-order chi connectivity index (χ0) is 14.9. The van der Waals surface area contributed by atoms with Crippen molar-refractivity contribution in [1.82, 2.24) is 9.88 Å². The van der Waals surface area contributed by atoms with Crippen LogP contribution in [-0.2, 0) is 18.9 Å². The summed E-state index contributed by atoms with van der Waals surface area (Å²) >= 11 is 0. The lowest BCUT2D eigenvalue weighted by atomic mass is 9.91. The highest BCUT2D eigenvalue weighted by Gasteiger charge is 2.32. The standard InChI is InChI=1S/C17H20F2N2/c1-20-16-9-5-6-13-10-21(11-15(13)16)12-17(18,19)14-7-3-2-4-8-14/h2-4,7-8,10-11,16,20H,5-6,9,12H2,1H3. The van der Waals surface area contributed by atoms with Gasteiger partial charge in [0.25, 0.3) is 5.92 Å². The van der Waals surface area contributed by atoms with Gasteiger partial charge in [-0.25, -0.2) is 0 Å². The van der Waals surface area contributed by atoms with E-state index in [0.717, 1.165) is 19.3 Å². The number of aromatic nitrogens is 1. The lowest BCUT2D eigenvalue weighted by Crippen LogP contribution is -2.21. The molecule has 112 valence electrons. The first kappa shape index (κ1) is 14.3. The van der Waals surface area contributed by atoms with Crippen LogP contribution in [0, 0.1) is 0 Å². The van der Waals surface area contributed by atoms with Crippen LogP contribution in [0.15, 0.2) is 42.7 Å². The van der Waals surface area contributed by atoms with Crippen LogP contribution in [-0.4, -0.2) is 11.6 Å². The molecule has 1 heterocycles. The van der Waals surface area contributed by atoms with Crippen molar-refractivity contribution in [1.29, 1.82) is 0 Å². The maximum atomic E-state index is 14.3. The summed E-state index contributed by atoms with van der Waals surface area (Å²) in [6.07, 6.45) is 6.93. The second kappa shape index (κ2) is 5.60. The summed E-state index contributed by atoms with van der Waals surface area (Å²) in [5, 5.41) is 3.27.